The van der Waals surface area contributed by atoms with Gasteiger partial charge >= 0.3 is 5.91 Å². The van der Waals surface area contributed by atoms with Crippen LogP contribution >= 0.6 is 34.7 Å². The lowest BCUT2D eigenvalue weighted by Crippen LogP contribution is -2.29. The molecule has 1 amide bonds. The number of ether oxygens (including phenoxy) is 4. The molecule has 13 heteroatoms. The van der Waals surface area contributed by atoms with E-state index in [0.29, 0.717) is 75.7 Å². The topological polar surface area (TPSA) is 120 Å². The molecule has 254 valence electrons. The number of benzene rings is 4. The van der Waals surface area contributed by atoms with Gasteiger partial charge in [-0.3, -0.25) is 14.5 Å². The number of halogens is 1. The molecule has 1 atom stereocenters. The maximum absolute atomic E-state index is 13.9. The van der Waals surface area contributed by atoms with E-state index in [1.807, 2.05) is 61.5 Å². The predicted molar refractivity (Wildman–Crippen MR) is 192 cm³/mol. The molecule has 1 unspecified atom stereocenters. The molecule has 0 saturated carbocycles. The van der Waals surface area contributed by atoms with Crippen LogP contribution in [0.15, 0.2) is 101 Å². The van der Waals surface area contributed by atoms with Gasteiger partial charge in [-0.25, -0.2) is 0 Å². The Morgan fingerprint density at radius 1 is 0.920 bits per heavy atom. The van der Waals surface area contributed by atoms with Crippen LogP contribution in [0.25, 0.3) is 5.76 Å². The van der Waals surface area contributed by atoms with E-state index in [1.54, 1.807) is 36.4 Å². The summed E-state index contributed by atoms with van der Waals surface area (Å²) in [6, 6.07) is 26.2. The highest BCUT2D eigenvalue weighted by Crippen LogP contribution is 2.46. The summed E-state index contributed by atoms with van der Waals surface area (Å²) < 4.78 is 24.1. The Labute approximate surface area is 301 Å². The number of hydrogen-bond donors (Lipinski definition) is 1. The molecule has 3 heterocycles. The third kappa shape index (κ3) is 7.00. The average Bonchev–Trinajstić information content (AvgIpc) is 3.72. The molecule has 50 heavy (non-hydrogen) atoms. The van der Waals surface area contributed by atoms with Crippen molar-refractivity contribution in [3.63, 3.8) is 0 Å². The lowest BCUT2D eigenvalue weighted by Gasteiger charge is -2.24. The van der Waals surface area contributed by atoms with E-state index in [1.165, 1.54) is 28.0 Å². The van der Waals surface area contributed by atoms with Gasteiger partial charge in [-0.05, 0) is 66.1 Å². The number of anilines is 1. The van der Waals surface area contributed by atoms with E-state index in [4.69, 9.17) is 30.5 Å². The zero-order valence-electron chi connectivity index (χ0n) is 26.7. The van der Waals surface area contributed by atoms with Crippen molar-refractivity contribution in [3.8, 4) is 23.0 Å². The molecular formula is C37H30ClN3O7S2. The fourth-order valence-corrected chi connectivity index (χ4v) is 7.54. The van der Waals surface area contributed by atoms with E-state index >= 15 is 0 Å². The summed E-state index contributed by atoms with van der Waals surface area (Å²) in [6.45, 7) is 3.25. The number of Topliss-reactive ketones (excluding diaryl/α,β-unsaturated/α-hetero) is 1. The Bertz CT molecular complexity index is 2070. The molecule has 1 aromatic heterocycles. The van der Waals surface area contributed by atoms with Crippen LogP contribution in [0.5, 0.6) is 23.0 Å². The number of hydrogen-bond acceptors (Lipinski definition) is 11. The van der Waals surface area contributed by atoms with Crippen LogP contribution in [-0.2, 0) is 21.9 Å². The van der Waals surface area contributed by atoms with Crippen molar-refractivity contribution >= 4 is 57.3 Å². The Morgan fingerprint density at radius 3 is 2.48 bits per heavy atom. The van der Waals surface area contributed by atoms with Crippen LogP contribution in [-0.4, -0.2) is 46.8 Å². The summed E-state index contributed by atoms with van der Waals surface area (Å²) in [5, 5.41) is 21.3. The summed E-state index contributed by atoms with van der Waals surface area (Å²) in [6.07, 6.45) is 0. The highest BCUT2D eigenvalue weighted by molar-refractivity contribution is 8.00. The van der Waals surface area contributed by atoms with Gasteiger partial charge in [0.2, 0.25) is 5.13 Å². The number of rotatable bonds is 11. The Kier molecular flexibility index (Phi) is 9.92. The number of thioether (sulfide) groups is 1. The fourth-order valence-electron chi connectivity index (χ4n) is 5.59. The third-order valence-corrected chi connectivity index (χ3v) is 10.3. The summed E-state index contributed by atoms with van der Waals surface area (Å²) in [5.41, 5.74) is 2.70. The highest BCUT2D eigenvalue weighted by Gasteiger charge is 2.48. The molecule has 0 spiro atoms. The first kappa shape index (κ1) is 33.5. The van der Waals surface area contributed by atoms with Gasteiger partial charge in [-0.1, -0.05) is 83.2 Å². The van der Waals surface area contributed by atoms with E-state index in [9.17, 15) is 14.7 Å². The Hall–Kier alpha value is -5.04. The summed E-state index contributed by atoms with van der Waals surface area (Å²) >= 11 is 8.66. The molecule has 0 radical (unpaired) electrons. The van der Waals surface area contributed by atoms with Crippen LogP contribution in [0, 0.1) is 0 Å². The van der Waals surface area contributed by atoms with Crippen molar-refractivity contribution in [2.45, 2.75) is 29.7 Å². The van der Waals surface area contributed by atoms with Crippen LogP contribution in [0.3, 0.4) is 0 Å². The largest absolute Gasteiger partial charge is 0.507 e. The lowest BCUT2D eigenvalue weighted by molar-refractivity contribution is -0.132. The van der Waals surface area contributed by atoms with Gasteiger partial charge < -0.3 is 24.1 Å². The quantitative estimate of drug-likeness (QED) is 0.0473. The maximum atomic E-state index is 13.9. The van der Waals surface area contributed by atoms with Gasteiger partial charge in [-0.2, -0.15) is 0 Å². The summed E-state index contributed by atoms with van der Waals surface area (Å²) in [4.78, 5) is 29.0. The molecule has 4 aromatic carbocycles. The van der Waals surface area contributed by atoms with Crippen molar-refractivity contribution in [2.24, 2.45) is 0 Å². The molecule has 1 saturated heterocycles. The first-order chi connectivity index (χ1) is 24.4. The van der Waals surface area contributed by atoms with E-state index in [2.05, 4.69) is 10.2 Å². The number of amides is 1. The molecular weight excluding hydrogens is 698 g/mol. The number of fused-ring (bicyclic) bond motifs is 1. The second-order valence-corrected chi connectivity index (χ2v) is 13.8. The van der Waals surface area contributed by atoms with Crippen molar-refractivity contribution in [2.75, 3.05) is 24.7 Å². The second-order valence-electron chi connectivity index (χ2n) is 11.2. The minimum Gasteiger partial charge on any atom is -0.507 e. The summed E-state index contributed by atoms with van der Waals surface area (Å²) in [7, 11) is 0. The number of ketones is 1. The second kappa shape index (κ2) is 14.8. The molecule has 5 aromatic rings. The monoisotopic (exact) mass is 727 g/mol. The molecule has 0 bridgehead atoms. The standard InChI is InChI=1S/C37H30ClN3O7S2/c1-2-45-29-18-24(10-14-28(29)48-20-22-6-4-3-5-7-22)32-31(33(42)25-11-15-27-30(19-25)47-17-16-46-27)34(43)35(44)41(32)36-39-40-37(50-36)49-21-23-8-12-26(38)13-9-23/h3-15,18-19,32,42H,2,16-17,20-21H2,1H3. The molecule has 10 nitrogen and oxygen atoms in total. The lowest BCUT2D eigenvalue weighted by atomic mass is 9.95. The molecule has 2 aliphatic rings. The van der Waals surface area contributed by atoms with Gasteiger partial charge in [0.15, 0.2) is 27.3 Å². The Morgan fingerprint density at radius 2 is 1.70 bits per heavy atom. The van der Waals surface area contributed by atoms with Gasteiger partial charge in [0.25, 0.3) is 5.78 Å². The molecule has 0 aliphatic carbocycles. The molecule has 2 aliphatic heterocycles. The average molecular weight is 728 g/mol. The van der Waals surface area contributed by atoms with Gasteiger partial charge in [0.1, 0.15) is 25.6 Å². The summed E-state index contributed by atoms with van der Waals surface area (Å²) in [5.74, 6) is 0.378. The zero-order chi connectivity index (χ0) is 34.6. The molecule has 7 rings (SSSR count). The number of aliphatic hydroxyl groups is 1. The fraction of sp³-hybridized carbons (Fsp3) is 0.189. The highest BCUT2D eigenvalue weighted by atomic mass is 35.5. The number of carbonyl (C=O) groups excluding carboxylic acids is 2. The van der Waals surface area contributed by atoms with Crippen molar-refractivity contribution in [1.82, 2.24) is 10.2 Å². The number of carbonyl (C=O) groups is 2. The molecule has 1 fully saturated rings. The van der Waals surface area contributed by atoms with Crippen LogP contribution < -0.4 is 23.8 Å². The zero-order valence-corrected chi connectivity index (χ0v) is 29.1. The van der Waals surface area contributed by atoms with Crippen LogP contribution in [0.4, 0.5) is 5.13 Å². The van der Waals surface area contributed by atoms with Gasteiger partial charge in [0, 0.05) is 16.3 Å². The van der Waals surface area contributed by atoms with Crippen molar-refractivity contribution in [1.29, 1.82) is 0 Å². The molecule has 1 N–H and O–H groups in total. The normalized spacial score (nSPS) is 16.4. The smallest absolute Gasteiger partial charge is 0.301 e. The van der Waals surface area contributed by atoms with Crippen LogP contribution in [0.2, 0.25) is 5.02 Å². The number of aromatic nitrogens is 2. The first-order valence-electron chi connectivity index (χ1n) is 15.7. The SMILES string of the molecule is CCOc1cc(C2C(=C(O)c3ccc4c(c3)OCCO4)C(=O)C(=O)N2c2nnc(SCc3ccc(Cl)cc3)s2)ccc1OCc1ccccc1. The third-order valence-electron chi connectivity index (χ3n) is 7.96. The minimum atomic E-state index is -1.06. The van der Waals surface area contributed by atoms with E-state index in [0.717, 1.165) is 11.1 Å². The minimum absolute atomic E-state index is 0.113. The van der Waals surface area contributed by atoms with E-state index < -0.39 is 17.7 Å². The Balaban J connectivity index is 1.28. The van der Waals surface area contributed by atoms with Crippen LogP contribution in [0.1, 0.15) is 35.2 Å². The first-order valence-corrected chi connectivity index (χ1v) is 17.9. The van der Waals surface area contributed by atoms with Crippen molar-refractivity contribution < 1.29 is 33.6 Å². The maximum Gasteiger partial charge on any atom is 0.301 e. The van der Waals surface area contributed by atoms with Gasteiger partial charge in [-0.15, -0.1) is 10.2 Å². The van der Waals surface area contributed by atoms with Gasteiger partial charge in [0.05, 0.1) is 18.2 Å². The number of nitrogens with zero attached hydrogens (tertiary/aromatic N) is 3. The predicted octanol–water partition coefficient (Wildman–Crippen LogP) is 7.86. The number of aliphatic hydroxyl groups excluding tert-OH is 1. The van der Waals surface area contributed by atoms with E-state index in [-0.39, 0.29) is 16.5 Å². The van der Waals surface area contributed by atoms with Crippen molar-refractivity contribution in [3.05, 3.63) is 124 Å².